The lowest BCUT2D eigenvalue weighted by molar-refractivity contribution is -0.123. The van der Waals surface area contributed by atoms with E-state index in [0.717, 1.165) is 11.0 Å². The average Bonchev–Trinajstić information content (AvgIpc) is 2.74. The van der Waals surface area contributed by atoms with E-state index in [1.54, 1.807) is 48.5 Å². The number of benzene rings is 3. The zero-order valence-electron chi connectivity index (χ0n) is 16.1. The van der Waals surface area contributed by atoms with Crippen LogP contribution in [-0.2, 0) is 4.79 Å². The number of carbonyl (C=O) groups is 2. The van der Waals surface area contributed by atoms with Crippen molar-refractivity contribution in [3.8, 4) is 0 Å². The molecule has 0 aliphatic carbocycles. The number of hydrogen-bond donors (Lipinski definition) is 1. The van der Waals surface area contributed by atoms with Gasteiger partial charge in [0.2, 0.25) is 5.91 Å². The van der Waals surface area contributed by atoms with E-state index in [1.165, 1.54) is 19.1 Å². The summed E-state index contributed by atoms with van der Waals surface area (Å²) in [5.41, 5.74) is 5.82. The maximum atomic E-state index is 14.5. The number of carbonyl (C=O) groups excluding carboxylic acids is 2. The summed E-state index contributed by atoms with van der Waals surface area (Å²) in [5.74, 6) is -5.20. The Kier molecular flexibility index (Phi) is 6.20. The van der Waals surface area contributed by atoms with Gasteiger partial charge in [0.05, 0.1) is 6.04 Å². The van der Waals surface area contributed by atoms with Crippen molar-refractivity contribution < 1.29 is 22.8 Å². The molecule has 4 nitrogen and oxygen atoms in total. The van der Waals surface area contributed by atoms with Gasteiger partial charge in [0.1, 0.15) is 11.9 Å². The minimum absolute atomic E-state index is 0.212. The first kappa shape index (κ1) is 21.1. The second-order valence-corrected chi connectivity index (χ2v) is 6.76. The molecule has 30 heavy (non-hydrogen) atoms. The number of primary amides is 1. The number of nitrogens with zero attached hydrogens (tertiary/aromatic N) is 1. The Bertz CT molecular complexity index is 1060. The van der Waals surface area contributed by atoms with Crippen LogP contribution in [0.15, 0.2) is 72.8 Å². The molecule has 3 aromatic carbocycles. The molecule has 0 aromatic heterocycles. The number of nitrogens with two attached hydrogens (primary N) is 1. The summed E-state index contributed by atoms with van der Waals surface area (Å²) >= 11 is 0. The van der Waals surface area contributed by atoms with Crippen molar-refractivity contribution in [3.63, 3.8) is 0 Å². The van der Waals surface area contributed by atoms with Crippen LogP contribution in [0.5, 0.6) is 0 Å². The molecule has 0 radical (unpaired) electrons. The summed E-state index contributed by atoms with van der Waals surface area (Å²) in [6.07, 6.45) is 0. The van der Waals surface area contributed by atoms with E-state index < -0.39 is 46.9 Å². The first-order chi connectivity index (χ1) is 14.3. The highest BCUT2D eigenvalue weighted by molar-refractivity contribution is 5.98. The van der Waals surface area contributed by atoms with Crippen molar-refractivity contribution in [3.05, 3.63) is 107 Å². The maximum Gasteiger partial charge on any atom is 0.255 e. The van der Waals surface area contributed by atoms with Crippen LogP contribution in [0.4, 0.5) is 13.2 Å². The molecule has 2 N–H and O–H groups in total. The van der Waals surface area contributed by atoms with Gasteiger partial charge in [0.15, 0.2) is 11.6 Å². The number of hydrogen-bond acceptors (Lipinski definition) is 2. The van der Waals surface area contributed by atoms with Crippen molar-refractivity contribution in [2.24, 2.45) is 5.73 Å². The van der Waals surface area contributed by atoms with Gasteiger partial charge in [-0.25, -0.2) is 13.2 Å². The molecule has 0 aliphatic heterocycles. The van der Waals surface area contributed by atoms with E-state index in [2.05, 4.69) is 0 Å². The number of rotatable bonds is 6. The van der Waals surface area contributed by atoms with Crippen molar-refractivity contribution in [1.82, 2.24) is 4.90 Å². The predicted molar refractivity (Wildman–Crippen MR) is 106 cm³/mol. The van der Waals surface area contributed by atoms with Crippen molar-refractivity contribution in [1.29, 1.82) is 0 Å². The smallest absolute Gasteiger partial charge is 0.255 e. The van der Waals surface area contributed by atoms with Crippen molar-refractivity contribution >= 4 is 11.8 Å². The van der Waals surface area contributed by atoms with Gasteiger partial charge < -0.3 is 10.6 Å². The first-order valence-corrected chi connectivity index (χ1v) is 9.17. The fourth-order valence-corrected chi connectivity index (χ4v) is 3.37. The van der Waals surface area contributed by atoms with E-state index in [1.807, 2.05) is 0 Å². The van der Waals surface area contributed by atoms with Crippen LogP contribution >= 0.6 is 0 Å². The topological polar surface area (TPSA) is 63.4 Å². The fraction of sp³-hybridized carbons (Fsp3) is 0.130. The van der Waals surface area contributed by atoms with Gasteiger partial charge >= 0.3 is 0 Å². The van der Waals surface area contributed by atoms with Gasteiger partial charge in [0, 0.05) is 17.2 Å². The SMILES string of the molecule is C[C@H](c1cc(F)cc(F)c1F)N(C(=O)c1ccccc1)[C@H](C(N)=O)c1ccccc1. The second kappa shape index (κ2) is 8.82. The molecule has 0 heterocycles. The zero-order chi connectivity index (χ0) is 21.8. The summed E-state index contributed by atoms with van der Waals surface area (Å²) in [5, 5.41) is 0. The normalized spacial score (nSPS) is 12.8. The molecule has 3 rings (SSSR count). The third-order valence-electron chi connectivity index (χ3n) is 4.81. The summed E-state index contributed by atoms with van der Waals surface area (Å²) in [7, 11) is 0. The second-order valence-electron chi connectivity index (χ2n) is 6.76. The minimum Gasteiger partial charge on any atom is -0.368 e. The Morgan fingerprint density at radius 1 is 0.900 bits per heavy atom. The van der Waals surface area contributed by atoms with Gasteiger partial charge in [-0.3, -0.25) is 9.59 Å². The summed E-state index contributed by atoms with van der Waals surface area (Å²) < 4.78 is 42.2. The molecule has 7 heteroatoms. The van der Waals surface area contributed by atoms with E-state index >= 15 is 0 Å². The Morgan fingerprint density at radius 3 is 2.03 bits per heavy atom. The molecule has 3 aromatic rings. The van der Waals surface area contributed by atoms with Gasteiger partial charge in [-0.2, -0.15) is 0 Å². The Morgan fingerprint density at radius 2 is 1.47 bits per heavy atom. The first-order valence-electron chi connectivity index (χ1n) is 9.17. The average molecular weight is 412 g/mol. The lowest BCUT2D eigenvalue weighted by Gasteiger charge is -2.35. The molecule has 0 bridgehead atoms. The lowest BCUT2D eigenvalue weighted by atomic mass is 9.97. The van der Waals surface area contributed by atoms with Gasteiger partial charge in [-0.1, -0.05) is 48.5 Å². The molecular formula is C23H19F3N2O2. The van der Waals surface area contributed by atoms with Gasteiger partial charge in [0.25, 0.3) is 5.91 Å². The fourth-order valence-electron chi connectivity index (χ4n) is 3.37. The molecule has 0 spiro atoms. The highest BCUT2D eigenvalue weighted by Crippen LogP contribution is 2.34. The molecular weight excluding hydrogens is 393 g/mol. The molecule has 0 unspecified atom stereocenters. The van der Waals surface area contributed by atoms with E-state index in [0.29, 0.717) is 11.6 Å². The van der Waals surface area contributed by atoms with Crippen LogP contribution in [0.1, 0.15) is 40.5 Å². The third kappa shape index (κ3) is 4.20. The Labute approximate surface area is 171 Å². The Hall–Kier alpha value is -3.61. The zero-order valence-corrected chi connectivity index (χ0v) is 16.1. The lowest BCUT2D eigenvalue weighted by Crippen LogP contribution is -2.43. The van der Waals surface area contributed by atoms with Crippen LogP contribution in [0, 0.1) is 17.5 Å². The quantitative estimate of drug-likeness (QED) is 0.605. The monoisotopic (exact) mass is 412 g/mol. The molecule has 2 atom stereocenters. The number of halogens is 3. The molecule has 0 saturated heterocycles. The number of amides is 2. The summed E-state index contributed by atoms with van der Waals surface area (Å²) in [6.45, 7) is 1.39. The standard InChI is InChI=1S/C23H19F3N2O2/c1-14(18-12-17(24)13-19(25)20(18)26)28(23(30)16-10-6-3-7-11-16)21(22(27)29)15-8-4-2-5-9-15/h2-14,21H,1H3,(H2,27,29)/t14-,21+/m1/s1. The van der Waals surface area contributed by atoms with E-state index in [-0.39, 0.29) is 5.56 Å². The molecule has 0 fully saturated rings. The minimum atomic E-state index is -1.39. The largest absolute Gasteiger partial charge is 0.368 e. The molecule has 0 aliphatic rings. The van der Waals surface area contributed by atoms with Crippen LogP contribution in [0.3, 0.4) is 0 Å². The molecule has 2 amide bonds. The van der Waals surface area contributed by atoms with Crippen LogP contribution in [0.25, 0.3) is 0 Å². The predicted octanol–water partition coefficient (Wildman–Crippen LogP) is 4.53. The van der Waals surface area contributed by atoms with E-state index in [4.69, 9.17) is 5.73 Å². The summed E-state index contributed by atoms with van der Waals surface area (Å²) in [6, 6.07) is 14.9. The summed E-state index contributed by atoms with van der Waals surface area (Å²) in [4.78, 5) is 26.8. The van der Waals surface area contributed by atoms with Crippen LogP contribution < -0.4 is 5.73 Å². The Balaban J connectivity index is 2.19. The van der Waals surface area contributed by atoms with Crippen LogP contribution in [0.2, 0.25) is 0 Å². The molecule has 154 valence electrons. The van der Waals surface area contributed by atoms with Crippen molar-refractivity contribution in [2.45, 2.75) is 19.0 Å². The van der Waals surface area contributed by atoms with Gasteiger partial charge in [-0.05, 0) is 30.7 Å². The highest BCUT2D eigenvalue weighted by Gasteiger charge is 2.36. The third-order valence-corrected chi connectivity index (χ3v) is 4.81. The van der Waals surface area contributed by atoms with Gasteiger partial charge in [-0.15, -0.1) is 0 Å². The van der Waals surface area contributed by atoms with E-state index in [9.17, 15) is 22.8 Å². The van der Waals surface area contributed by atoms with Crippen molar-refractivity contribution in [2.75, 3.05) is 0 Å². The van der Waals surface area contributed by atoms with Crippen LogP contribution in [-0.4, -0.2) is 16.7 Å². The molecule has 0 saturated carbocycles. The maximum absolute atomic E-state index is 14.5. The highest BCUT2D eigenvalue weighted by atomic mass is 19.2.